The first-order chi connectivity index (χ1) is 10.1. The Labute approximate surface area is 123 Å². The third-order valence-electron chi connectivity index (χ3n) is 3.00. The van der Waals surface area contributed by atoms with Crippen LogP contribution in [0, 0.1) is 12.7 Å². The molecule has 0 aliphatic carbocycles. The average Bonchev–Trinajstić information content (AvgIpc) is 2.87. The molecule has 1 amide bonds. The number of carbonyl (C=O) groups is 1. The van der Waals surface area contributed by atoms with Crippen molar-refractivity contribution in [3.8, 4) is 0 Å². The fraction of sp³-hybridized carbons (Fsp3) is 0.312. The van der Waals surface area contributed by atoms with Crippen molar-refractivity contribution >= 4 is 5.91 Å². The highest BCUT2D eigenvalue weighted by molar-refractivity contribution is 5.78. The van der Waals surface area contributed by atoms with E-state index in [1.807, 2.05) is 19.1 Å². The van der Waals surface area contributed by atoms with Gasteiger partial charge in [-0.2, -0.15) is 0 Å². The minimum absolute atomic E-state index is 0.0720. The molecule has 0 fully saturated rings. The number of hydrogen-bond acceptors (Lipinski definition) is 3. The zero-order valence-corrected chi connectivity index (χ0v) is 12.0. The van der Waals surface area contributed by atoms with Crippen LogP contribution in [-0.4, -0.2) is 19.0 Å². The van der Waals surface area contributed by atoms with Crippen LogP contribution < -0.4 is 10.6 Å². The number of carbonyl (C=O) groups excluding carboxylic acids is 1. The van der Waals surface area contributed by atoms with E-state index in [0.717, 1.165) is 17.1 Å². The molecule has 0 radical (unpaired) electrons. The molecular formula is C16H19FN2O2. The SMILES string of the molecule is Cc1ccc(CNCCNC(=O)Cc2ccc(F)cc2)o1. The Hall–Kier alpha value is -2.14. The lowest BCUT2D eigenvalue weighted by Crippen LogP contribution is -2.32. The Bertz CT molecular complexity index is 578. The van der Waals surface area contributed by atoms with Crippen molar-refractivity contribution in [2.24, 2.45) is 0 Å². The molecule has 0 aliphatic rings. The van der Waals surface area contributed by atoms with Crippen molar-refractivity contribution in [2.45, 2.75) is 19.9 Å². The Balaban J connectivity index is 1.60. The number of hydrogen-bond donors (Lipinski definition) is 2. The van der Waals surface area contributed by atoms with Gasteiger partial charge in [0.2, 0.25) is 5.91 Å². The third kappa shape index (κ3) is 5.39. The molecule has 0 unspecified atom stereocenters. The first-order valence-electron chi connectivity index (χ1n) is 6.90. The molecule has 4 nitrogen and oxygen atoms in total. The van der Waals surface area contributed by atoms with Gasteiger partial charge in [-0.25, -0.2) is 4.39 Å². The number of benzene rings is 1. The lowest BCUT2D eigenvalue weighted by Gasteiger charge is -2.06. The minimum atomic E-state index is -0.295. The summed E-state index contributed by atoms with van der Waals surface area (Å²) in [7, 11) is 0. The predicted molar refractivity (Wildman–Crippen MR) is 78.3 cm³/mol. The topological polar surface area (TPSA) is 54.3 Å². The van der Waals surface area contributed by atoms with Crippen molar-refractivity contribution in [1.29, 1.82) is 0 Å². The summed E-state index contributed by atoms with van der Waals surface area (Å²) in [6.07, 6.45) is 0.262. The molecule has 112 valence electrons. The number of amides is 1. The van der Waals surface area contributed by atoms with Gasteiger partial charge in [0, 0.05) is 13.1 Å². The molecular weight excluding hydrogens is 271 g/mol. The van der Waals surface area contributed by atoms with Crippen molar-refractivity contribution in [3.05, 3.63) is 59.3 Å². The molecule has 21 heavy (non-hydrogen) atoms. The molecule has 5 heteroatoms. The largest absolute Gasteiger partial charge is 0.465 e. The molecule has 2 aromatic rings. The van der Waals surface area contributed by atoms with Gasteiger partial charge >= 0.3 is 0 Å². The third-order valence-corrected chi connectivity index (χ3v) is 3.00. The summed E-state index contributed by atoms with van der Waals surface area (Å²) in [5, 5.41) is 6.00. The molecule has 0 atom stereocenters. The predicted octanol–water partition coefficient (Wildman–Crippen LogP) is 2.18. The normalized spacial score (nSPS) is 10.6. The standard InChI is InChI=1S/C16H19FN2O2/c1-12-2-7-15(21-12)11-18-8-9-19-16(20)10-13-3-5-14(17)6-4-13/h2-7,18H,8-11H2,1H3,(H,19,20). The van der Waals surface area contributed by atoms with Crippen LogP contribution in [0.5, 0.6) is 0 Å². The van der Waals surface area contributed by atoms with Crippen LogP contribution in [0.15, 0.2) is 40.8 Å². The maximum atomic E-state index is 12.7. The number of nitrogens with one attached hydrogen (secondary N) is 2. The van der Waals surface area contributed by atoms with E-state index in [2.05, 4.69) is 10.6 Å². The lowest BCUT2D eigenvalue weighted by molar-refractivity contribution is -0.120. The van der Waals surface area contributed by atoms with Gasteiger partial charge in [0.25, 0.3) is 0 Å². The van der Waals surface area contributed by atoms with Gasteiger partial charge in [-0.15, -0.1) is 0 Å². The Morgan fingerprint density at radius 1 is 1.14 bits per heavy atom. The van der Waals surface area contributed by atoms with E-state index in [1.165, 1.54) is 12.1 Å². The second kappa shape index (κ2) is 7.59. The van der Waals surface area contributed by atoms with E-state index >= 15 is 0 Å². The van der Waals surface area contributed by atoms with Crippen molar-refractivity contribution in [3.63, 3.8) is 0 Å². The van der Waals surface area contributed by atoms with Crippen LogP contribution in [0.3, 0.4) is 0 Å². The van der Waals surface area contributed by atoms with Crippen molar-refractivity contribution in [1.82, 2.24) is 10.6 Å². The van der Waals surface area contributed by atoms with Gasteiger partial charge < -0.3 is 15.1 Å². The fourth-order valence-electron chi connectivity index (χ4n) is 1.93. The second-order valence-electron chi connectivity index (χ2n) is 4.84. The molecule has 0 bridgehead atoms. The smallest absolute Gasteiger partial charge is 0.224 e. The van der Waals surface area contributed by atoms with Gasteiger partial charge in [0.05, 0.1) is 13.0 Å². The molecule has 0 saturated heterocycles. The van der Waals surface area contributed by atoms with E-state index in [4.69, 9.17) is 4.42 Å². The number of furan rings is 1. The van der Waals surface area contributed by atoms with E-state index in [9.17, 15) is 9.18 Å². The van der Waals surface area contributed by atoms with Crippen LogP contribution >= 0.6 is 0 Å². The summed E-state index contributed by atoms with van der Waals surface area (Å²) in [5.41, 5.74) is 0.799. The Morgan fingerprint density at radius 2 is 1.90 bits per heavy atom. The van der Waals surface area contributed by atoms with Gasteiger partial charge in [0.1, 0.15) is 17.3 Å². The van der Waals surface area contributed by atoms with E-state index < -0.39 is 0 Å². The van der Waals surface area contributed by atoms with Crippen LogP contribution in [0.4, 0.5) is 4.39 Å². The minimum Gasteiger partial charge on any atom is -0.465 e. The lowest BCUT2D eigenvalue weighted by atomic mass is 10.1. The average molecular weight is 290 g/mol. The molecule has 2 rings (SSSR count). The van der Waals surface area contributed by atoms with Gasteiger partial charge in [0.15, 0.2) is 0 Å². The quantitative estimate of drug-likeness (QED) is 0.768. The zero-order valence-electron chi connectivity index (χ0n) is 12.0. The Kier molecular flexibility index (Phi) is 5.51. The van der Waals surface area contributed by atoms with Crippen molar-refractivity contribution in [2.75, 3.05) is 13.1 Å². The second-order valence-corrected chi connectivity index (χ2v) is 4.84. The summed E-state index contributed by atoms with van der Waals surface area (Å²) in [5.74, 6) is 1.40. The van der Waals surface area contributed by atoms with Gasteiger partial charge in [-0.3, -0.25) is 4.79 Å². The molecule has 2 N–H and O–H groups in total. The van der Waals surface area contributed by atoms with Crippen LogP contribution in [0.1, 0.15) is 17.1 Å². The molecule has 0 spiro atoms. The maximum Gasteiger partial charge on any atom is 0.224 e. The van der Waals surface area contributed by atoms with Gasteiger partial charge in [-0.1, -0.05) is 12.1 Å². The molecule has 0 saturated carbocycles. The summed E-state index contributed by atoms with van der Waals surface area (Å²) < 4.78 is 18.2. The first kappa shape index (κ1) is 15.3. The summed E-state index contributed by atoms with van der Waals surface area (Å²) in [6.45, 7) is 3.75. The fourth-order valence-corrected chi connectivity index (χ4v) is 1.93. The monoisotopic (exact) mass is 290 g/mol. The number of aryl methyl sites for hydroxylation is 1. The molecule has 1 aromatic carbocycles. The van der Waals surface area contributed by atoms with Gasteiger partial charge in [-0.05, 0) is 36.8 Å². The maximum absolute atomic E-state index is 12.7. The number of halogens is 1. The summed E-state index contributed by atoms with van der Waals surface area (Å²) in [6, 6.07) is 9.79. The zero-order chi connectivity index (χ0) is 15.1. The molecule has 0 aliphatic heterocycles. The Morgan fingerprint density at radius 3 is 2.57 bits per heavy atom. The summed E-state index contributed by atoms with van der Waals surface area (Å²) in [4.78, 5) is 11.7. The van der Waals surface area contributed by atoms with E-state index in [-0.39, 0.29) is 18.1 Å². The first-order valence-corrected chi connectivity index (χ1v) is 6.90. The number of rotatable bonds is 7. The van der Waals surface area contributed by atoms with E-state index in [0.29, 0.717) is 19.6 Å². The van der Waals surface area contributed by atoms with Crippen LogP contribution in [0.25, 0.3) is 0 Å². The van der Waals surface area contributed by atoms with E-state index in [1.54, 1.807) is 12.1 Å². The highest BCUT2D eigenvalue weighted by Gasteiger charge is 2.03. The molecule has 1 heterocycles. The van der Waals surface area contributed by atoms with Crippen LogP contribution in [-0.2, 0) is 17.8 Å². The highest BCUT2D eigenvalue weighted by Crippen LogP contribution is 2.05. The molecule has 1 aromatic heterocycles. The van der Waals surface area contributed by atoms with Crippen molar-refractivity contribution < 1.29 is 13.6 Å². The summed E-state index contributed by atoms with van der Waals surface area (Å²) >= 11 is 0. The van der Waals surface area contributed by atoms with Crippen LogP contribution in [0.2, 0.25) is 0 Å². The highest BCUT2D eigenvalue weighted by atomic mass is 19.1.